The van der Waals surface area contributed by atoms with Gasteiger partial charge in [-0.3, -0.25) is 5.10 Å². The number of hydrogen-bond acceptors (Lipinski definition) is 5. The molecule has 0 saturated carbocycles. The van der Waals surface area contributed by atoms with Crippen LogP contribution >= 0.6 is 11.3 Å². The van der Waals surface area contributed by atoms with Gasteiger partial charge in [0.15, 0.2) is 5.65 Å². The van der Waals surface area contributed by atoms with Gasteiger partial charge in [-0.05, 0) is 26.0 Å². The summed E-state index contributed by atoms with van der Waals surface area (Å²) < 4.78 is 0. The molecule has 0 aliphatic carbocycles. The Hall–Kier alpha value is -1.95. The molecule has 1 unspecified atom stereocenters. The summed E-state index contributed by atoms with van der Waals surface area (Å²) in [5.74, 6) is 0.812. The minimum absolute atomic E-state index is 0.219. The fourth-order valence-electron chi connectivity index (χ4n) is 1.84. The van der Waals surface area contributed by atoms with Crippen LogP contribution in [-0.4, -0.2) is 20.2 Å². The van der Waals surface area contributed by atoms with E-state index >= 15 is 0 Å². The van der Waals surface area contributed by atoms with Crippen LogP contribution < -0.4 is 5.32 Å². The first kappa shape index (κ1) is 11.2. The summed E-state index contributed by atoms with van der Waals surface area (Å²) in [7, 11) is 0. The standard InChI is InChI=1S/C12H13N5S/c1-7-3-4-10(18-7)8(2)16-11-9-5-15-17-12(9)14-6-13-11/h3-6,8H,1-2H3,(H2,13,14,15,16,17). The first-order valence-electron chi connectivity index (χ1n) is 5.71. The lowest BCUT2D eigenvalue weighted by atomic mass is 10.2. The molecular weight excluding hydrogens is 246 g/mol. The van der Waals surface area contributed by atoms with Gasteiger partial charge in [0.2, 0.25) is 0 Å². The summed E-state index contributed by atoms with van der Waals surface area (Å²) in [4.78, 5) is 11.0. The molecule has 1 atom stereocenters. The largest absolute Gasteiger partial charge is 0.362 e. The average Bonchev–Trinajstić information content (AvgIpc) is 2.97. The molecule has 2 N–H and O–H groups in total. The van der Waals surface area contributed by atoms with Gasteiger partial charge in [-0.2, -0.15) is 5.10 Å². The van der Waals surface area contributed by atoms with Crippen LogP contribution in [0, 0.1) is 6.92 Å². The lowest BCUT2D eigenvalue weighted by molar-refractivity contribution is 0.897. The topological polar surface area (TPSA) is 66.5 Å². The van der Waals surface area contributed by atoms with E-state index < -0.39 is 0 Å². The minimum Gasteiger partial charge on any atom is -0.362 e. The van der Waals surface area contributed by atoms with Gasteiger partial charge in [-0.1, -0.05) is 0 Å². The summed E-state index contributed by atoms with van der Waals surface area (Å²) >= 11 is 1.79. The molecule has 0 radical (unpaired) electrons. The number of anilines is 1. The molecule has 0 spiro atoms. The van der Waals surface area contributed by atoms with Crippen LogP contribution in [-0.2, 0) is 0 Å². The van der Waals surface area contributed by atoms with E-state index in [-0.39, 0.29) is 6.04 Å². The summed E-state index contributed by atoms with van der Waals surface area (Å²) in [5.41, 5.74) is 0.752. The molecule has 92 valence electrons. The number of hydrogen-bond donors (Lipinski definition) is 2. The van der Waals surface area contributed by atoms with Crippen molar-refractivity contribution in [2.75, 3.05) is 5.32 Å². The van der Waals surface area contributed by atoms with Crippen LogP contribution in [0.25, 0.3) is 11.0 Å². The molecule has 0 aliphatic heterocycles. The highest BCUT2D eigenvalue weighted by Crippen LogP contribution is 2.27. The number of nitrogens with one attached hydrogen (secondary N) is 2. The second-order valence-corrected chi connectivity index (χ2v) is 5.49. The molecule has 0 amide bonds. The monoisotopic (exact) mass is 259 g/mol. The number of H-pyrrole nitrogens is 1. The van der Waals surface area contributed by atoms with Crippen LogP contribution in [0.5, 0.6) is 0 Å². The third kappa shape index (κ3) is 1.95. The van der Waals surface area contributed by atoms with Gasteiger partial charge < -0.3 is 5.32 Å². The van der Waals surface area contributed by atoms with Crippen molar-refractivity contribution in [1.82, 2.24) is 20.2 Å². The Kier molecular flexibility index (Phi) is 2.71. The molecular formula is C12H13N5S. The zero-order valence-corrected chi connectivity index (χ0v) is 11.0. The Balaban J connectivity index is 1.90. The second kappa shape index (κ2) is 4.38. The molecule has 6 heteroatoms. The van der Waals surface area contributed by atoms with Crippen molar-refractivity contribution in [1.29, 1.82) is 0 Å². The van der Waals surface area contributed by atoms with Gasteiger partial charge in [0.05, 0.1) is 17.6 Å². The first-order valence-corrected chi connectivity index (χ1v) is 6.52. The maximum atomic E-state index is 4.27. The Morgan fingerprint density at radius 1 is 1.33 bits per heavy atom. The number of thiophene rings is 1. The number of aromatic nitrogens is 4. The normalized spacial score (nSPS) is 12.8. The number of aryl methyl sites for hydroxylation is 1. The number of fused-ring (bicyclic) bond motifs is 1. The van der Waals surface area contributed by atoms with Gasteiger partial charge in [-0.15, -0.1) is 11.3 Å². The minimum atomic E-state index is 0.219. The summed E-state index contributed by atoms with van der Waals surface area (Å²) in [6, 6.07) is 4.49. The van der Waals surface area contributed by atoms with Crippen molar-refractivity contribution >= 4 is 28.2 Å². The summed E-state index contributed by atoms with van der Waals surface area (Å²) in [6.45, 7) is 4.24. The third-order valence-electron chi connectivity index (χ3n) is 2.79. The quantitative estimate of drug-likeness (QED) is 0.759. The Morgan fingerprint density at radius 3 is 3.00 bits per heavy atom. The molecule has 18 heavy (non-hydrogen) atoms. The van der Waals surface area contributed by atoms with Gasteiger partial charge in [-0.25, -0.2) is 9.97 Å². The highest BCUT2D eigenvalue weighted by atomic mass is 32.1. The van der Waals surface area contributed by atoms with E-state index in [4.69, 9.17) is 0 Å². The van der Waals surface area contributed by atoms with Gasteiger partial charge in [0.25, 0.3) is 0 Å². The SMILES string of the molecule is Cc1ccc(C(C)Nc2ncnc3[nH]ncc23)s1. The summed E-state index contributed by atoms with van der Waals surface area (Å²) in [5, 5.41) is 11.1. The van der Waals surface area contributed by atoms with Crippen LogP contribution in [0.1, 0.15) is 22.7 Å². The molecule has 3 aromatic heterocycles. The third-order valence-corrected chi connectivity index (χ3v) is 3.97. The lowest BCUT2D eigenvalue weighted by Gasteiger charge is -2.12. The fourth-order valence-corrected chi connectivity index (χ4v) is 2.72. The van der Waals surface area contributed by atoms with Gasteiger partial charge >= 0.3 is 0 Å². The predicted octanol–water partition coefficient (Wildman–Crippen LogP) is 2.90. The van der Waals surface area contributed by atoms with Crippen LogP contribution in [0.2, 0.25) is 0 Å². The predicted molar refractivity (Wildman–Crippen MR) is 72.8 cm³/mol. The van der Waals surface area contributed by atoms with Crippen LogP contribution in [0.3, 0.4) is 0 Å². The van der Waals surface area contributed by atoms with E-state index in [9.17, 15) is 0 Å². The van der Waals surface area contributed by atoms with E-state index in [1.165, 1.54) is 16.1 Å². The van der Waals surface area contributed by atoms with Crippen molar-refractivity contribution in [2.24, 2.45) is 0 Å². The zero-order chi connectivity index (χ0) is 12.5. The fraction of sp³-hybridized carbons (Fsp3) is 0.250. The highest BCUT2D eigenvalue weighted by Gasteiger charge is 2.11. The smallest absolute Gasteiger partial charge is 0.160 e. The number of nitrogens with zero attached hydrogens (tertiary/aromatic N) is 3. The lowest BCUT2D eigenvalue weighted by Crippen LogP contribution is -2.06. The average molecular weight is 259 g/mol. The van der Waals surface area contributed by atoms with Crippen molar-refractivity contribution in [3.8, 4) is 0 Å². The second-order valence-electron chi connectivity index (χ2n) is 4.17. The van der Waals surface area contributed by atoms with Crippen molar-refractivity contribution in [3.63, 3.8) is 0 Å². The molecule has 0 aliphatic rings. The van der Waals surface area contributed by atoms with Gasteiger partial charge in [0.1, 0.15) is 12.1 Å². The molecule has 3 rings (SSSR count). The van der Waals surface area contributed by atoms with Crippen LogP contribution in [0.4, 0.5) is 5.82 Å². The van der Waals surface area contributed by atoms with Crippen molar-refractivity contribution in [3.05, 3.63) is 34.4 Å². The molecule has 5 nitrogen and oxygen atoms in total. The zero-order valence-electron chi connectivity index (χ0n) is 10.1. The first-order chi connectivity index (χ1) is 8.74. The number of rotatable bonds is 3. The molecule has 3 aromatic rings. The van der Waals surface area contributed by atoms with E-state index in [0.29, 0.717) is 0 Å². The molecule has 0 aromatic carbocycles. The Morgan fingerprint density at radius 2 is 2.22 bits per heavy atom. The van der Waals surface area contributed by atoms with Crippen LogP contribution in [0.15, 0.2) is 24.7 Å². The van der Waals surface area contributed by atoms with E-state index in [2.05, 4.69) is 51.5 Å². The Labute approximate surface area is 108 Å². The maximum absolute atomic E-state index is 4.27. The molecule has 0 bridgehead atoms. The highest BCUT2D eigenvalue weighted by molar-refractivity contribution is 7.12. The van der Waals surface area contributed by atoms with E-state index in [1.54, 1.807) is 17.5 Å². The van der Waals surface area contributed by atoms with Crippen molar-refractivity contribution < 1.29 is 0 Å². The molecule has 0 fully saturated rings. The van der Waals surface area contributed by atoms with Gasteiger partial charge in [0, 0.05) is 9.75 Å². The van der Waals surface area contributed by atoms with E-state index in [0.717, 1.165) is 16.9 Å². The van der Waals surface area contributed by atoms with Crippen molar-refractivity contribution in [2.45, 2.75) is 19.9 Å². The number of aromatic amines is 1. The summed E-state index contributed by atoms with van der Waals surface area (Å²) in [6.07, 6.45) is 3.28. The van der Waals surface area contributed by atoms with E-state index in [1.807, 2.05) is 0 Å². The Bertz CT molecular complexity index is 672. The molecule has 0 saturated heterocycles. The molecule has 3 heterocycles. The maximum Gasteiger partial charge on any atom is 0.160 e.